The average molecular weight is 339 g/mol. The highest BCUT2D eigenvalue weighted by atomic mass is 16.2. The summed E-state index contributed by atoms with van der Waals surface area (Å²) in [4.78, 5) is 17.0. The molecule has 2 aromatic carbocycles. The molecule has 3 unspecified atom stereocenters. The third kappa shape index (κ3) is 3.79. The molecule has 1 heterocycles. The van der Waals surface area contributed by atoms with Crippen LogP contribution in [0.2, 0.25) is 0 Å². The monoisotopic (exact) mass is 339 g/mol. The molecule has 2 aromatic rings. The molecule has 1 aliphatic rings. The van der Waals surface area contributed by atoms with Gasteiger partial charge in [-0.25, -0.2) is 4.79 Å². The average Bonchev–Trinajstić information content (AvgIpc) is 2.60. The van der Waals surface area contributed by atoms with Gasteiger partial charge in [-0.05, 0) is 49.2 Å². The van der Waals surface area contributed by atoms with E-state index in [1.54, 1.807) is 0 Å². The molecule has 0 bridgehead atoms. The zero-order valence-electron chi connectivity index (χ0n) is 15.7. The van der Waals surface area contributed by atoms with Gasteiger partial charge in [-0.3, -0.25) is 0 Å². The summed E-state index contributed by atoms with van der Waals surface area (Å²) in [6.45, 7) is 6.39. The van der Waals surface area contributed by atoms with Gasteiger partial charge in [0.1, 0.15) is 0 Å². The number of benzene rings is 2. The van der Waals surface area contributed by atoms with Gasteiger partial charge in [0.15, 0.2) is 0 Å². The van der Waals surface area contributed by atoms with Crippen molar-refractivity contribution < 1.29 is 4.79 Å². The standard InChI is InChI=1S/C21H29N3O/c1-15-14-23(3)13-12-20(15)24(4)21(25)22-16(2)18-11-7-9-17-8-5-6-10-19(17)18/h5-11,15-16,20H,12-14H2,1-4H3,(H,22,25). The Morgan fingerprint density at radius 2 is 1.96 bits per heavy atom. The molecule has 2 amide bonds. The first kappa shape index (κ1) is 17.7. The molecule has 1 saturated heterocycles. The second kappa shape index (κ2) is 7.44. The number of rotatable bonds is 3. The van der Waals surface area contributed by atoms with Crippen molar-refractivity contribution in [2.75, 3.05) is 27.2 Å². The predicted molar refractivity (Wildman–Crippen MR) is 104 cm³/mol. The van der Waals surface area contributed by atoms with Crippen LogP contribution in [0.4, 0.5) is 4.79 Å². The Hall–Kier alpha value is -2.07. The van der Waals surface area contributed by atoms with Gasteiger partial charge in [0.2, 0.25) is 0 Å². The van der Waals surface area contributed by atoms with E-state index >= 15 is 0 Å². The van der Waals surface area contributed by atoms with E-state index in [0.717, 1.165) is 25.1 Å². The first-order chi connectivity index (χ1) is 12.0. The summed E-state index contributed by atoms with van der Waals surface area (Å²) < 4.78 is 0. The number of hydrogen-bond donors (Lipinski definition) is 1. The highest BCUT2D eigenvalue weighted by Gasteiger charge is 2.30. The Balaban J connectivity index is 1.71. The second-order valence-corrected chi connectivity index (χ2v) is 7.45. The van der Waals surface area contributed by atoms with E-state index in [2.05, 4.69) is 61.4 Å². The van der Waals surface area contributed by atoms with Crippen molar-refractivity contribution in [1.82, 2.24) is 15.1 Å². The summed E-state index contributed by atoms with van der Waals surface area (Å²) >= 11 is 0. The van der Waals surface area contributed by atoms with Crippen molar-refractivity contribution in [3.8, 4) is 0 Å². The van der Waals surface area contributed by atoms with Gasteiger partial charge in [0, 0.05) is 19.6 Å². The van der Waals surface area contributed by atoms with Crippen LogP contribution in [-0.4, -0.2) is 49.1 Å². The summed E-state index contributed by atoms with van der Waals surface area (Å²) in [6, 6.07) is 14.9. The number of hydrogen-bond acceptors (Lipinski definition) is 2. The van der Waals surface area contributed by atoms with Gasteiger partial charge in [-0.15, -0.1) is 0 Å². The number of amides is 2. The molecule has 1 aliphatic heterocycles. The maximum Gasteiger partial charge on any atom is 0.317 e. The minimum Gasteiger partial charge on any atom is -0.331 e. The lowest BCUT2D eigenvalue weighted by Gasteiger charge is -2.40. The van der Waals surface area contributed by atoms with Gasteiger partial charge >= 0.3 is 6.03 Å². The quantitative estimate of drug-likeness (QED) is 0.921. The number of piperidine rings is 1. The van der Waals surface area contributed by atoms with Gasteiger partial charge in [-0.1, -0.05) is 49.4 Å². The molecule has 4 heteroatoms. The normalized spacial score (nSPS) is 22.6. The van der Waals surface area contributed by atoms with E-state index in [1.807, 2.05) is 24.1 Å². The smallest absolute Gasteiger partial charge is 0.317 e. The lowest BCUT2D eigenvalue weighted by atomic mass is 9.93. The van der Waals surface area contributed by atoms with E-state index in [-0.39, 0.29) is 12.1 Å². The summed E-state index contributed by atoms with van der Waals surface area (Å²) in [6.07, 6.45) is 1.03. The van der Waals surface area contributed by atoms with Crippen molar-refractivity contribution in [2.24, 2.45) is 5.92 Å². The molecule has 1 N–H and O–H groups in total. The van der Waals surface area contributed by atoms with Crippen LogP contribution in [-0.2, 0) is 0 Å². The van der Waals surface area contributed by atoms with Crippen LogP contribution in [0.15, 0.2) is 42.5 Å². The van der Waals surface area contributed by atoms with Crippen LogP contribution < -0.4 is 5.32 Å². The summed E-state index contributed by atoms with van der Waals surface area (Å²) in [5.74, 6) is 0.488. The van der Waals surface area contributed by atoms with Crippen molar-refractivity contribution in [1.29, 1.82) is 0 Å². The molecule has 3 atom stereocenters. The summed E-state index contributed by atoms with van der Waals surface area (Å²) in [7, 11) is 4.08. The minimum absolute atomic E-state index is 0.0156. The Morgan fingerprint density at radius 1 is 1.24 bits per heavy atom. The number of carbonyl (C=O) groups excluding carboxylic acids is 1. The number of nitrogens with one attached hydrogen (secondary N) is 1. The van der Waals surface area contributed by atoms with Gasteiger partial charge in [0.05, 0.1) is 6.04 Å². The first-order valence-electron chi connectivity index (χ1n) is 9.17. The lowest BCUT2D eigenvalue weighted by molar-refractivity contribution is 0.106. The maximum atomic E-state index is 12.8. The number of fused-ring (bicyclic) bond motifs is 1. The van der Waals surface area contributed by atoms with Crippen LogP contribution in [0, 0.1) is 5.92 Å². The summed E-state index contributed by atoms with van der Waals surface area (Å²) in [5, 5.41) is 5.60. The van der Waals surface area contributed by atoms with Crippen molar-refractivity contribution in [3.05, 3.63) is 48.0 Å². The molecule has 0 spiro atoms. The van der Waals surface area contributed by atoms with E-state index in [9.17, 15) is 4.79 Å². The Bertz CT molecular complexity index is 740. The fourth-order valence-corrected chi connectivity index (χ4v) is 4.06. The van der Waals surface area contributed by atoms with Crippen LogP contribution >= 0.6 is 0 Å². The zero-order chi connectivity index (χ0) is 18.0. The summed E-state index contributed by atoms with van der Waals surface area (Å²) in [5.41, 5.74) is 1.16. The van der Waals surface area contributed by atoms with Gasteiger partial charge < -0.3 is 15.1 Å². The second-order valence-electron chi connectivity index (χ2n) is 7.45. The number of likely N-dealkylation sites (tertiary alicyclic amines) is 1. The SMILES string of the molecule is CC(NC(=O)N(C)C1CCN(C)CC1C)c1cccc2ccccc12. The highest BCUT2D eigenvalue weighted by molar-refractivity contribution is 5.86. The molecule has 0 aliphatic carbocycles. The van der Waals surface area contributed by atoms with E-state index in [1.165, 1.54) is 10.8 Å². The first-order valence-corrected chi connectivity index (χ1v) is 9.17. The van der Waals surface area contributed by atoms with Gasteiger partial charge in [-0.2, -0.15) is 0 Å². The lowest BCUT2D eigenvalue weighted by Crippen LogP contribution is -2.52. The number of nitrogens with zero attached hydrogens (tertiary/aromatic N) is 2. The fourth-order valence-electron chi connectivity index (χ4n) is 4.06. The van der Waals surface area contributed by atoms with Crippen molar-refractivity contribution in [3.63, 3.8) is 0 Å². The van der Waals surface area contributed by atoms with E-state index < -0.39 is 0 Å². The maximum absolute atomic E-state index is 12.8. The molecule has 25 heavy (non-hydrogen) atoms. The molecule has 1 fully saturated rings. The minimum atomic E-state index is -0.0254. The molecule has 4 nitrogen and oxygen atoms in total. The third-order valence-electron chi connectivity index (χ3n) is 5.51. The van der Waals surface area contributed by atoms with E-state index in [0.29, 0.717) is 12.0 Å². The zero-order valence-corrected chi connectivity index (χ0v) is 15.7. The van der Waals surface area contributed by atoms with Gasteiger partial charge in [0.25, 0.3) is 0 Å². The Kier molecular flexibility index (Phi) is 5.28. The predicted octanol–water partition coefficient (Wildman–Crippen LogP) is 3.88. The molecule has 0 saturated carbocycles. The molecule has 0 aromatic heterocycles. The molecule has 134 valence electrons. The largest absolute Gasteiger partial charge is 0.331 e. The molecule has 0 radical (unpaired) electrons. The Morgan fingerprint density at radius 3 is 2.72 bits per heavy atom. The molecule has 3 rings (SSSR count). The number of carbonyl (C=O) groups is 1. The number of urea groups is 1. The topological polar surface area (TPSA) is 35.6 Å². The Labute approximate surface area is 150 Å². The van der Waals surface area contributed by atoms with Crippen LogP contribution in [0.5, 0.6) is 0 Å². The van der Waals surface area contributed by atoms with Crippen LogP contribution in [0.25, 0.3) is 10.8 Å². The van der Waals surface area contributed by atoms with E-state index in [4.69, 9.17) is 0 Å². The third-order valence-corrected chi connectivity index (χ3v) is 5.51. The fraction of sp³-hybridized carbons (Fsp3) is 0.476. The van der Waals surface area contributed by atoms with Crippen LogP contribution in [0.1, 0.15) is 31.9 Å². The van der Waals surface area contributed by atoms with Crippen LogP contribution in [0.3, 0.4) is 0 Å². The molecular formula is C21H29N3O. The van der Waals surface area contributed by atoms with Crippen molar-refractivity contribution >= 4 is 16.8 Å². The van der Waals surface area contributed by atoms with Crippen molar-refractivity contribution in [2.45, 2.75) is 32.4 Å². The molecular weight excluding hydrogens is 310 g/mol. The highest BCUT2D eigenvalue weighted by Crippen LogP contribution is 2.25.